The van der Waals surface area contributed by atoms with E-state index in [4.69, 9.17) is 4.74 Å². The molecule has 8 nitrogen and oxygen atoms in total. The molecule has 2 aliphatic rings. The second kappa shape index (κ2) is 8.26. The van der Waals surface area contributed by atoms with Crippen LogP contribution in [-0.2, 0) is 11.2 Å². The zero-order valence-corrected chi connectivity index (χ0v) is 18.8. The number of likely N-dealkylation sites (tertiary alicyclic amines) is 1. The first-order valence-electron chi connectivity index (χ1n) is 10.7. The summed E-state index contributed by atoms with van der Waals surface area (Å²) in [6, 6.07) is 8.99. The van der Waals surface area contributed by atoms with Crippen LogP contribution in [0, 0.1) is 12.8 Å². The second-order valence-corrected chi connectivity index (χ2v) is 8.79. The summed E-state index contributed by atoms with van der Waals surface area (Å²) in [5.74, 6) is -0.486. The molecule has 0 radical (unpaired) electrons. The first-order chi connectivity index (χ1) is 15.2. The third kappa shape index (κ3) is 3.81. The predicted octanol–water partition coefficient (Wildman–Crippen LogP) is 1.67. The van der Waals surface area contributed by atoms with Crippen LogP contribution in [0.3, 0.4) is 0 Å². The Morgan fingerprint density at radius 2 is 2.03 bits per heavy atom. The van der Waals surface area contributed by atoms with Crippen molar-refractivity contribution in [3.63, 3.8) is 0 Å². The number of carbonyl (C=O) groups is 3. The largest absolute Gasteiger partial charge is 0.497 e. The molecule has 1 aromatic heterocycles. The Bertz CT molecular complexity index is 1070. The van der Waals surface area contributed by atoms with Gasteiger partial charge in [0.2, 0.25) is 5.91 Å². The molecular weight excluding hydrogens is 408 g/mol. The molecule has 4 rings (SSSR count). The van der Waals surface area contributed by atoms with Gasteiger partial charge in [0.15, 0.2) is 0 Å². The van der Waals surface area contributed by atoms with E-state index >= 15 is 0 Å². The number of amides is 3. The van der Waals surface area contributed by atoms with Crippen molar-refractivity contribution in [2.45, 2.75) is 25.3 Å². The molecule has 32 heavy (non-hydrogen) atoms. The van der Waals surface area contributed by atoms with E-state index in [0.717, 1.165) is 11.3 Å². The fourth-order valence-corrected chi connectivity index (χ4v) is 4.67. The van der Waals surface area contributed by atoms with Crippen LogP contribution in [0.25, 0.3) is 0 Å². The van der Waals surface area contributed by atoms with Crippen LogP contribution in [0.5, 0.6) is 5.75 Å². The third-order valence-electron chi connectivity index (χ3n) is 6.49. The van der Waals surface area contributed by atoms with Gasteiger partial charge in [-0.25, -0.2) is 0 Å². The van der Waals surface area contributed by atoms with Crippen molar-refractivity contribution >= 4 is 17.7 Å². The fourth-order valence-electron chi connectivity index (χ4n) is 4.67. The summed E-state index contributed by atoms with van der Waals surface area (Å²) in [6.07, 6.45) is 2.72. The predicted molar refractivity (Wildman–Crippen MR) is 119 cm³/mol. The number of fused-ring (bicyclic) bond motifs is 1. The molecule has 0 bridgehead atoms. The van der Waals surface area contributed by atoms with Crippen molar-refractivity contribution in [3.05, 3.63) is 58.9 Å². The van der Waals surface area contributed by atoms with Crippen LogP contribution in [0.4, 0.5) is 0 Å². The maximum atomic E-state index is 13.3. The normalized spacial score (nSPS) is 22.2. The quantitative estimate of drug-likeness (QED) is 0.790. The molecule has 0 saturated carbocycles. The summed E-state index contributed by atoms with van der Waals surface area (Å²) >= 11 is 0. The minimum Gasteiger partial charge on any atom is -0.497 e. The van der Waals surface area contributed by atoms with Gasteiger partial charge in [-0.1, -0.05) is 6.07 Å². The van der Waals surface area contributed by atoms with Crippen LogP contribution < -0.4 is 10.1 Å². The number of pyridine rings is 1. The lowest BCUT2D eigenvalue weighted by Crippen LogP contribution is -2.57. The van der Waals surface area contributed by atoms with Crippen molar-refractivity contribution in [2.24, 2.45) is 5.92 Å². The van der Waals surface area contributed by atoms with Gasteiger partial charge in [0.1, 0.15) is 5.75 Å². The Hall–Kier alpha value is -3.42. The van der Waals surface area contributed by atoms with Gasteiger partial charge in [-0.3, -0.25) is 19.4 Å². The zero-order chi connectivity index (χ0) is 23.0. The van der Waals surface area contributed by atoms with E-state index in [9.17, 15) is 14.4 Å². The molecule has 1 aromatic carbocycles. The average molecular weight is 437 g/mol. The van der Waals surface area contributed by atoms with Crippen molar-refractivity contribution in [3.8, 4) is 5.75 Å². The number of benzene rings is 1. The molecule has 1 N–H and O–H groups in total. The SMILES string of the molecule is COc1ccc2c(c1)C(=O)N[C@@]1(CC2)CN(C(=O)c2ccc(C)nc2)C[C@@H]1C(=O)N(C)C. The number of hydrogen-bond donors (Lipinski definition) is 1. The monoisotopic (exact) mass is 436 g/mol. The lowest BCUT2D eigenvalue weighted by atomic mass is 9.81. The standard InChI is InChI=1S/C24H28N4O4/c1-15-5-6-17(12-25-15)22(30)28-13-20(23(31)27(2)3)24(14-28)10-9-16-7-8-18(32-4)11-19(16)21(29)26-24/h5-8,11-12,20H,9-10,13-14H2,1-4H3,(H,26,29)/t20-,24+/m1/s1. The highest BCUT2D eigenvalue weighted by molar-refractivity contribution is 5.99. The number of aryl methyl sites for hydroxylation is 2. The zero-order valence-electron chi connectivity index (χ0n) is 18.8. The van der Waals surface area contributed by atoms with Crippen molar-refractivity contribution in [1.29, 1.82) is 0 Å². The highest BCUT2D eigenvalue weighted by atomic mass is 16.5. The van der Waals surface area contributed by atoms with Crippen LogP contribution in [-0.4, -0.2) is 72.3 Å². The Morgan fingerprint density at radius 3 is 2.69 bits per heavy atom. The fraction of sp³-hybridized carbons (Fsp3) is 0.417. The molecule has 1 spiro atoms. The highest BCUT2D eigenvalue weighted by Gasteiger charge is 2.53. The summed E-state index contributed by atoms with van der Waals surface area (Å²) < 4.78 is 5.28. The van der Waals surface area contributed by atoms with E-state index in [1.54, 1.807) is 50.5 Å². The molecule has 8 heteroatoms. The molecular formula is C24H28N4O4. The van der Waals surface area contributed by atoms with Gasteiger partial charge in [-0.05, 0) is 49.6 Å². The average Bonchev–Trinajstić information content (AvgIpc) is 3.09. The number of nitrogens with zero attached hydrogens (tertiary/aromatic N) is 3. The number of ether oxygens (including phenoxy) is 1. The first-order valence-corrected chi connectivity index (χ1v) is 10.7. The summed E-state index contributed by atoms with van der Waals surface area (Å²) in [5, 5.41) is 3.14. The van der Waals surface area contributed by atoms with Gasteiger partial charge in [0.05, 0.1) is 24.1 Å². The van der Waals surface area contributed by atoms with E-state index in [1.807, 2.05) is 19.1 Å². The molecule has 0 aliphatic carbocycles. The van der Waals surface area contributed by atoms with Gasteiger partial charge in [-0.15, -0.1) is 0 Å². The van der Waals surface area contributed by atoms with Crippen LogP contribution >= 0.6 is 0 Å². The van der Waals surface area contributed by atoms with Crippen molar-refractivity contribution < 1.29 is 19.1 Å². The summed E-state index contributed by atoms with van der Waals surface area (Å²) in [6.45, 7) is 2.36. The Kier molecular flexibility index (Phi) is 5.62. The molecule has 0 unspecified atom stereocenters. The summed E-state index contributed by atoms with van der Waals surface area (Å²) in [5.41, 5.74) is 1.90. The van der Waals surface area contributed by atoms with Gasteiger partial charge in [0, 0.05) is 44.6 Å². The summed E-state index contributed by atoms with van der Waals surface area (Å²) in [4.78, 5) is 47.1. The molecule has 3 amide bonds. The van der Waals surface area contributed by atoms with Gasteiger partial charge in [0.25, 0.3) is 11.8 Å². The number of hydrogen-bond acceptors (Lipinski definition) is 5. The molecule has 2 aromatic rings. The lowest BCUT2D eigenvalue weighted by molar-refractivity contribution is -0.134. The van der Waals surface area contributed by atoms with E-state index in [0.29, 0.717) is 29.7 Å². The number of rotatable bonds is 3. The van der Waals surface area contributed by atoms with Crippen molar-refractivity contribution in [2.75, 3.05) is 34.3 Å². The lowest BCUT2D eigenvalue weighted by Gasteiger charge is -2.34. The first kappa shape index (κ1) is 21.8. The number of methoxy groups -OCH3 is 1. The second-order valence-electron chi connectivity index (χ2n) is 8.79. The van der Waals surface area contributed by atoms with E-state index in [1.165, 1.54) is 4.90 Å². The van der Waals surface area contributed by atoms with Crippen LogP contribution in [0.1, 0.15) is 38.4 Å². The van der Waals surface area contributed by atoms with E-state index in [-0.39, 0.29) is 30.8 Å². The van der Waals surface area contributed by atoms with Crippen LogP contribution in [0.15, 0.2) is 36.5 Å². The number of aromatic nitrogens is 1. The highest BCUT2D eigenvalue weighted by Crippen LogP contribution is 2.37. The third-order valence-corrected chi connectivity index (χ3v) is 6.49. The Morgan fingerprint density at radius 1 is 1.25 bits per heavy atom. The number of carbonyl (C=O) groups excluding carboxylic acids is 3. The van der Waals surface area contributed by atoms with Crippen molar-refractivity contribution in [1.82, 2.24) is 20.1 Å². The Labute approximate surface area is 187 Å². The van der Waals surface area contributed by atoms with Gasteiger partial charge < -0.3 is 19.9 Å². The smallest absolute Gasteiger partial charge is 0.255 e. The maximum Gasteiger partial charge on any atom is 0.255 e. The van der Waals surface area contributed by atoms with Crippen LogP contribution in [0.2, 0.25) is 0 Å². The molecule has 2 aliphatic heterocycles. The molecule has 3 heterocycles. The minimum absolute atomic E-state index is 0.105. The Balaban J connectivity index is 1.68. The molecule has 1 saturated heterocycles. The minimum atomic E-state index is -0.849. The molecule has 1 fully saturated rings. The topological polar surface area (TPSA) is 91.8 Å². The molecule has 168 valence electrons. The molecule has 2 atom stereocenters. The van der Waals surface area contributed by atoms with Gasteiger partial charge in [-0.2, -0.15) is 0 Å². The van der Waals surface area contributed by atoms with E-state index < -0.39 is 11.5 Å². The maximum absolute atomic E-state index is 13.3. The van der Waals surface area contributed by atoms with Gasteiger partial charge >= 0.3 is 0 Å². The summed E-state index contributed by atoms with van der Waals surface area (Å²) in [7, 11) is 4.95. The van der Waals surface area contributed by atoms with E-state index in [2.05, 4.69) is 10.3 Å². The number of nitrogens with one attached hydrogen (secondary N) is 1.